The molecule has 0 aromatic heterocycles. The second-order valence-electron chi connectivity index (χ2n) is 8.00. The molecule has 2 N–H and O–H groups in total. The number of benzene rings is 4. The van der Waals surface area contributed by atoms with E-state index >= 15 is 0 Å². The number of rotatable bonds is 7. The van der Waals surface area contributed by atoms with Crippen molar-refractivity contribution < 1.29 is 57.2 Å². The van der Waals surface area contributed by atoms with E-state index in [0.717, 1.165) is 6.07 Å². The minimum absolute atomic E-state index is 0. The summed E-state index contributed by atoms with van der Waals surface area (Å²) in [7, 11) is -3.06. The molecule has 0 atom stereocenters. The van der Waals surface area contributed by atoms with Crippen molar-refractivity contribution in [2.24, 2.45) is 10.2 Å². The first-order chi connectivity index (χ1) is 18.1. The van der Waals surface area contributed by atoms with Crippen molar-refractivity contribution in [3.05, 3.63) is 81.8 Å². The van der Waals surface area contributed by atoms with E-state index in [-0.39, 0.29) is 79.1 Å². The van der Waals surface area contributed by atoms with Crippen LogP contribution in [-0.2, 0) is 16.5 Å². The molecule has 0 saturated carbocycles. The van der Waals surface area contributed by atoms with Crippen LogP contribution in [0.15, 0.2) is 75.8 Å². The van der Waals surface area contributed by atoms with E-state index in [2.05, 4.69) is 15.5 Å². The van der Waals surface area contributed by atoms with E-state index in [1.165, 1.54) is 19.2 Å². The summed E-state index contributed by atoms with van der Waals surface area (Å²) in [5.74, 6) is -1.05. The summed E-state index contributed by atoms with van der Waals surface area (Å²) < 4.78 is 38.0. The molecule has 9 nitrogen and oxygen atoms in total. The van der Waals surface area contributed by atoms with E-state index in [4.69, 9.17) is 27.9 Å². The smallest absolute Gasteiger partial charge is 0.870 e. The van der Waals surface area contributed by atoms with Crippen LogP contribution < -0.4 is 44.7 Å². The second-order valence-corrected chi connectivity index (χ2v) is 10.1. The Hall–Kier alpha value is -2.70. The summed E-state index contributed by atoms with van der Waals surface area (Å²) >= 11 is 12.6. The van der Waals surface area contributed by atoms with E-state index < -0.39 is 21.8 Å². The molecule has 4 aromatic carbocycles. The maximum atomic E-state index is 13.4. The van der Waals surface area contributed by atoms with Gasteiger partial charge in [0.2, 0.25) is 0 Å². The van der Waals surface area contributed by atoms with Gasteiger partial charge in [0.05, 0.1) is 28.4 Å². The van der Waals surface area contributed by atoms with Crippen LogP contribution in [0.5, 0.6) is 11.5 Å². The number of halogens is 2. The number of amides is 1. The third-order valence-corrected chi connectivity index (χ3v) is 7.47. The maximum Gasteiger partial charge on any atom is 1.00 e. The summed E-state index contributed by atoms with van der Waals surface area (Å²) in [6.45, 7) is 1.66. The summed E-state index contributed by atoms with van der Waals surface area (Å²) in [5, 5.41) is 25.4. The van der Waals surface area contributed by atoms with Crippen molar-refractivity contribution in [1.29, 1.82) is 0 Å². The fraction of sp³-hybridized carbons (Fsp3) is 0.115. The van der Waals surface area contributed by atoms with Crippen molar-refractivity contribution >= 4 is 67.1 Å². The van der Waals surface area contributed by atoms with E-state index in [9.17, 15) is 22.9 Å². The van der Waals surface area contributed by atoms with E-state index in [0.29, 0.717) is 16.5 Å². The first-order valence-electron chi connectivity index (χ1n) is 11.1. The standard InChI is InChI=1S/C26H21Cl2N3O6S.Na/c1-3-15-21(38(34,35)36)12-11-19(22(15)27)30-31-24-16-8-5-4-7-14(16)13-17(25(24)32)26(33)29-18-9-6-10-20(37-2)23(18)28;/h4-13,32H,3H2,1-2H3,(H,29,33)(H,34,35,36);/q;+1/p-1. The summed E-state index contributed by atoms with van der Waals surface area (Å²) in [6.07, 6.45) is 0.190. The number of anilines is 1. The number of nitrogens with one attached hydrogen (secondary N) is 1. The first-order valence-corrected chi connectivity index (χ1v) is 13.3. The fourth-order valence-electron chi connectivity index (χ4n) is 3.88. The topological polar surface area (TPSA) is 140 Å². The molecule has 4 aromatic rings. The molecular weight excluding hydrogens is 576 g/mol. The zero-order valence-corrected chi connectivity index (χ0v) is 25.4. The van der Waals surface area contributed by atoms with Gasteiger partial charge in [-0.05, 0) is 47.7 Å². The molecule has 0 heterocycles. The van der Waals surface area contributed by atoms with Gasteiger partial charge in [-0.15, -0.1) is 5.11 Å². The third-order valence-electron chi connectivity index (χ3n) is 5.72. The van der Waals surface area contributed by atoms with Crippen molar-refractivity contribution in [3.63, 3.8) is 0 Å². The largest absolute Gasteiger partial charge is 1.00 e. The van der Waals surface area contributed by atoms with Gasteiger partial charge < -0.3 is 15.2 Å². The van der Waals surface area contributed by atoms with Gasteiger partial charge in [0, 0.05) is 10.9 Å². The van der Waals surface area contributed by atoms with Gasteiger partial charge in [0.25, 0.3) is 16.0 Å². The average molecular weight is 596 g/mol. The molecule has 0 aliphatic heterocycles. The van der Waals surface area contributed by atoms with Gasteiger partial charge in [-0.25, -0.2) is 0 Å². The van der Waals surface area contributed by atoms with Gasteiger partial charge in [0.15, 0.2) is 0 Å². The van der Waals surface area contributed by atoms with Crippen LogP contribution in [0.2, 0.25) is 10.0 Å². The summed E-state index contributed by atoms with van der Waals surface area (Å²) in [5.41, 5.74) is 0.180. The van der Waals surface area contributed by atoms with Crippen LogP contribution in [0.3, 0.4) is 0 Å². The van der Waals surface area contributed by atoms with Crippen LogP contribution in [0.25, 0.3) is 10.8 Å². The number of azo groups is 1. The quantitative estimate of drug-likeness (QED) is 0.189. The van der Waals surface area contributed by atoms with Crippen molar-refractivity contribution in [2.75, 3.05) is 12.4 Å². The number of ether oxygens (including phenoxy) is 1. The molecule has 0 fully saturated rings. The van der Waals surface area contributed by atoms with E-state index in [1.54, 1.807) is 49.4 Å². The Morgan fingerprint density at radius 3 is 2.44 bits per heavy atom. The maximum absolute atomic E-state index is 13.4. The number of carbonyl (C=O) groups excluding carboxylic acids is 1. The van der Waals surface area contributed by atoms with Crippen LogP contribution in [0.1, 0.15) is 22.8 Å². The fourth-order valence-corrected chi connectivity index (χ4v) is 5.32. The average Bonchev–Trinajstić information content (AvgIpc) is 2.88. The Kier molecular flexibility index (Phi) is 10.0. The van der Waals surface area contributed by atoms with Crippen molar-refractivity contribution in [3.8, 4) is 11.5 Å². The van der Waals surface area contributed by atoms with Gasteiger partial charge in [-0.1, -0.05) is 66.2 Å². The third kappa shape index (κ3) is 6.38. The molecule has 0 unspecified atom stereocenters. The van der Waals surface area contributed by atoms with Crippen LogP contribution in [0.4, 0.5) is 17.1 Å². The Labute approximate surface area is 256 Å². The predicted octanol–water partition coefficient (Wildman–Crippen LogP) is 3.71. The molecule has 0 aliphatic carbocycles. The van der Waals surface area contributed by atoms with Gasteiger partial charge in [-0.3, -0.25) is 9.35 Å². The number of nitrogens with zero attached hydrogens (tertiary/aromatic N) is 2. The number of hydrogen-bond donors (Lipinski definition) is 2. The first kappa shape index (κ1) is 30.8. The Bertz CT molecular complexity index is 1710. The number of methoxy groups -OCH3 is 1. The second kappa shape index (κ2) is 12.6. The van der Waals surface area contributed by atoms with Crippen molar-refractivity contribution in [1.82, 2.24) is 0 Å². The SMILES string of the molecule is CCc1c(S(=O)(=O)O)ccc(N=Nc2c([O-])c(C(=O)Nc3cccc(OC)c3Cl)cc3ccccc23)c1Cl.[Na+]. The van der Waals surface area contributed by atoms with Crippen LogP contribution >= 0.6 is 23.2 Å². The van der Waals surface area contributed by atoms with Gasteiger partial charge in [-0.2, -0.15) is 13.5 Å². The molecule has 0 radical (unpaired) electrons. The Morgan fingerprint density at radius 1 is 1.05 bits per heavy atom. The molecule has 13 heteroatoms. The zero-order chi connectivity index (χ0) is 27.6. The van der Waals surface area contributed by atoms with Gasteiger partial charge in [0.1, 0.15) is 16.5 Å². The van der Waals surface area contributed by atoms with Crippen molar-refractivity contribution in [2.45, 2.75) is 18.2 Å². The monoisotopic (exact) mass is 595 g/mol. The normalized spacial score (nSPS) is 11.4. The molecule has 4 rings (SSSR count). The Balaban J connectivity index is 0.00000420. The predicted molar refractivity (Wildman–Crippen MR) is 144 cm³/mol. The molecule has 0 aliphatic rings. The molecule has 1 amide bonds. The summed E-state index contributed by atoms with van der Waals surface area (Å²) in [6, 6.07) is 15.5. The molecular formula is C26H20Cl2N3NaO6S. The minimum atomic E-state index is -4.50. The minimum Gasteiger partial charge on any atom is -0.870 e. The molecule has 0 spiro atoms. The molecule has 39 heavy (non-hydrogen) atoms. The zero-order valence-electron chi connectivity index (χ0n) is 21.0. The molecule has 196 valence electrons. The number of hydrogen-bond acceptors (Lipinski definition) is 7. The number of carbonyl (C=O) groups is 1. The van der Waals surface area contributed by atoms with Crippen LogP contribution in [0, 0.1) is 0 Å². The summed E-state index contributed by atoms with van der Waals surface area (Å²) in [4.78, 5) is 12.8. The van der Waals surface area contributed by atoms with E-state index in [1.807, 2.05) is 0 Å². The molecule has 0 saturated heterocycles. The molecule has 0 bridgehead atoms. The van der Waals surface area contributed by atoms with Crippen LogP contribution in [-0.4, -0.2) is 26.0 Å². The number of fused-ring (bicyclic) bond motifs is 1. The van der Waals surface area contributed by atoms with Gasteiger partial charge >= 0.3 is 29.6 Å². The Morgan fingerprint density at radius 2 is 1.77 bits per heavy atom.